The lowest BCUT2D eigenvalue weighted by Gasteiger charge is -2.07. The normalized spacial score (nSPS) is 15.8. The Balaban J connectivity index is 2.29. The van der Waals surface area contributed by atoms with E-state index in [1.165, 1.54) is 19.3 Å². The van der Waals surface area contributed by atoms with E-state index in [0.717, 1.165) is 35.5 Å². The highest BCUT2D eigenvalue weighted by atomic mass is 15.1. The topological polar surface area (TPSA) is 42.8 Å². The summed E-state index contributed by atoms with van der Waals surface area (Å²) in [6, 6.07) is 8.12. The van der Waals surface area contributed by atoms with Gasteiger partial charge in [-0.3, -0.25) is 0 Å². The highest BCUT2D eigenvalue weighted by Crippen LogP contribution is 2.18. The number of anilines is 1. The third kappa shape index (κ3) is 1.43. The van der Waals surface area contributed by atoms with Crippen molar-refractivity contribution in [3.05, 3.63) is 30.1 Å². The van der Waals surface area contributed by atoms with Gasteiger partial charge in [0.2, 0.25) is 11.6 Å². The second-order valence-corrected chi connectivity index (χ2v) is 4.39. The van der Waals surface area contributed by atoms with Crippen molar-refractivity contribution >= 4 is 16.7 Å². The van der Waals surface area contributed by atoms with E-state index < -0.39 is 0 Å². The zero-order valence-electron chi connectivity index (χ0n) is 9.32. The molecule has 16 heavy (non-hydrogen) atoms. The third-order valence-corrected chi connectivity index (χ3v) is 3.31. The number of hydrogen-bond acceptors (Lipinski definition) is 2. The highest BCUT2D eigenvalue weighted by Gasteiger charge is 2.19. The van der Waals surface area contributed by atoms with Crippen molar-refractivity contribution in [3.63, 3.8) is 0 Å². The number of nitrogens with zero attached hydrogens (tertiary/aromatic N) is 2. The number of benzene rings is 1. The molecule has 0 unspecified atom stereocenters. The molecule has 1 aromatic heterocycles. The number of para-hydroxylation sites is 1. The standard InChI is InChI=1S/C13H15N3/c14-13-10-6-3-4-7-11(10)15-12-8-2-1-5-9-16(12)13/h3-4,6-7,14H,1-2,5,8-9H2/p+1. The van der Waals surface area contributed by atoms with E-state index in [1.54, 1.807) is 0 Å². The predicted octanol–water partition coefficient (Wildman–Crippen LogP) is 1.83. The van der Waals surface area contributed by atoms with Crippen LogP contribution in [0.1, 0.15) is 25.1 Å². The van der Waals surface area contributed by atoms with Gasteiger partial charge < -0.3 is 5.73 Å². The van der Waals surface area contributed by atoms with Crippen LogP contribution < -0.4 is 10.3 Å². The van der Waals surface area contributed by atoms with Crippen LogP contribution in [-0.4, -0.2) is 4.98 Å². The van der Waals surface area contributed by atoms with Crippen molar-refractivity contribution in [2.24, 2.45) is 0 Å². The van der Waals surface area contributed by atoms with E-state index in [2.05, 4.69) is 10.6 Å². The number of nitrogen functional groups attached to an aromatic ring is 1. The van der Waals surface area contributed by atoms with E-state index in [9.17, 15) is 0 Å². The molecule has 0 saturated carbocycles. The van der Waals surface area contributed by atoms with Crippen LogP contribution in [0.15, 0.2) is 24.3 Å². The van der Waals surface area contributed by atoms with Gasteiger partial charge in [-0.25, -0.2) is 4.57 Å². The van der Waals surface area contributed by atoms with Crippen LogP contribution in [-0.2, 0) is 13.0 Å². The lowest BCUT2D eigenvalue weighted by molar-refractivity contribution is -0.690. The summed E-state index contributed by atoms with van der Waals surface area (Å²) in [5, 5.41) is 1.08. The van der Waals surface area contributed by atoms with Gasteiger partial charge in [-0.1, -0.05) is 12.1 Å². The fourth-order valence-electron chi connectivity index (χ4n) is 2.44. The first-order valence-electron chi connectivity index (χ1n) is 5.93. The molecule has 0 fully saturated rings. The Morgan fingerprint density at radius 1 is 1.12 bits per heavy atom. The van der Waals surface area contributed by atoms with Crippen LogP contribution >= 0.6 is 0 Å². The van der Waals surface area contributed by atoms with Gasteiger partial charge in [0, 0.05) is 6.42 Å². The molecule has 2 heterocycles. The zero-order chi connectivity index (χ0) is 11.0. The second kappa shape index (κ2) is 3.74. The molecular formula is C13H16N3+. The molecule has 1 aliphatic rings. The maximum atomic E-state index is 6.23. The molecule has 2 N–H and O–H groups in total. The molecule has 3 rings (SSSR count). The molecule has 0 radical (unpaired) electrons. The highest BCUT2D eigenvalue weighted by molar-refractivity contribution is 5.86. The first kappa shape index (κ1) is 9.58. The predicted molar refractivity (Wildman–Crippen MR) is 63.9 cm³/mol. The van der Waals surface area contributed by atoms with E-state index in [-0.39, 0.29) is 0 Å². The Hall–Kier alpha value is -1.64. The molecule has 1 aliphatic heterocycles. The van der Waals surface area contributed by atoms with Crippen LogP contribution in [0.4, 0.5) is 5.82 Å². The van der Waals surface area contributed by atoms with Gasteiger partial charge in [-0.05, 0) is 31.4 Å². The van der Waals surface area contributed by atoms with Crippen molar-refractivity contribution in [2.45, 2.75) is 32.2 Å². The monoisotopic (exact) mass is 214 g/mol. The number of aromatic nitrogens is 2. The Kier molecular flexibility index (Phi) is 2.24. The average Bonchev–Trinajstić information content (AvgIpc) is 2.55. The third-order valence-electron chi connectivity index (χ3n) is 3.31. The maximum absolute atomic E-state index is 6.23. The summed E-state index contributed by atoms with van der Waals surface area (Å²) < 4.78 is 2.19. The number of rotatable bonds is 0. The van der Waals surface area contributed by atoms with Crippen molar-refractivity contribution in [2.75, 3.05) is 5.73 Å². The van der Waals surface area contributed by atoms with Crippen molar-refractivity contribution < 1.29 is 4.57 Å². The van der Waals surface area contributed by atoms with E-state index >= 15 is 0 Å². The number of fused-ring (bicyclic) bond motifs is 2. The maximum Gasteiger partial charge on any atom is 0.239 e. The molecule has 0 amide bonds. The van der Waals surface area contributed by atoms with Gasteiger partial charge in [-0.2, -0.15) is 0 Å². The van der Waals surface area contributed by atoms with Crippen LogP contribution in [0.25, 0.3) is 10.9 Å². The molecule has 3 heteroatoms. The van der Waals surface area contributed by atoms with Crippen LogP contribution in [0, 0.1) is 0 Å². The Labute approximate surface area is 94.9 Å². The van der Waals surface area contributed by atoms with Gasteiger partial charge >= 0.3 is 0 Å². The molecule has 82 valence electrons. The summed E-state index contributed by atoms with van der Waals surface area (Å²) in [6.45, 7) is 1.01. The lowest BCUT2D eigenvalue weighted by atomic mass is 10.2. The molecule has 0 bridgehead atoms. The summed E-state index contributed by atoms with van der Waals surface area (Å²) in [5.74, 6) is 2.02. The van der Waals surface area contributed by atoms with Crippen LogP contribution in [0.5, 0.6) is 0 Å². The molecule has 0 aliphatic carbocycles. The van der Waals surface area contributed by atoms with Crippen molar-refractivity contribution in [3.8, 4) is 0 Å². The van der Waals surface area contributed by atoms with Gasteiger partial charge in [0.15, 0.2) is 5.52 Å². The summed E-state index contributed by atoms with van der Waals surface area (Å²) in [6.07, 6.45) is 4.76. The van der Waals surface area contributed by atoms with Crippen LogP contribution in [0.3, 0.4) is 0 Å². The van der Waals surface area contributed by atoms with Crippen molar-refractivity contribution in [1.29, 1.82) is 0 Å². The molecule has 1 aromatic carbocycles. The van der Waals surface area contributed by atoms with Gasteiger partial charge in [0.1, 0.15) is 0 Å². The molecule has 0 spiro atoms. The minimum absolute atomic E-state index is 0.877. The summed E-state index contributed by atoms with van der Waals surface area (Å²) in [7, 11) is 0. The zero-order valence-corrected chi connectivity index (χ0v) is 9.32. The minimum Gasteiger partial charge on any atom is -0.318 e. The van der Waals surface area contributed by atoms with E-state index in [0.29, 0.717) is 0 Å². The van der Waals surface area contributed by atoms with Crippen LogP contribution in [0.2, 0.25) is 0 Å². The number of nitrogens with two attached hydrogens (primary N) is 1. The number of aryl methyl sites for hydroxylation is 1. The summed E-state index contributed by atoms with van der Waals surface area (Å²) in [5.41, 5.74) is 7.25. The quantitative estimate of drug-likeness (QED) is 0.680. The summed E-state index contributed by atoms with van der Waals surface area (Å²) in [4.78, 5) is 4.72. The Bertz CT molecular complexity index is 534. The second-order valence-electron chi connectivity index (χ2n) is 4.39. The molecule has 2 aromatic rings. The first-order valence-corrected chi connectivity index (χ1v) is 5.93. The summed E-state index contributed by atoms with van der Waals surface area (Å²) >= 11 is 0. The minimum atomic E-state index is 0.877. The number of hydrogen-bond donors (Lipinski definition) is 1. The van der Waals surface area contributed by atoms with E-state index in [1.807, 2.05) is 18.2 Å². The molecule has 0 atom stereocenters. The lowest BCUT2D eigenvalue weighted by Crippen LogP contribution is -2.41. The molecule has 0 saturated heterocycles. The average molecular weight is 214 g/mol. The largest absolute Gasteiger partial charge is 0.318 e. The molecular weight excluding hydrogens is 198 g/mol. The van der Waals surface area contributed by atoms with Gasteiger partial charge in [0.25, 0.3) is 0 Å². The van der Waals surface area contributed by atoms with Gasteiger partial charge in [-0.15, -0.1) is 4.98 Å². The smallest absolute Gasteiger partial charge is 0.239 e. The fraction of sp³-hybridized carbons (Fsp3) is 0.385. The van der Waals surface area contributed by atoms with Crippen molar-refractivity contribution in [1.82, 2.24) is 4.98 Å². The Morgan fingerprint density at radius 3 is 2.94 bits per heavy atom. The van der Waals surface area contributed by atoms with E-state index in [4.69, 9.17) is 10.7 Å². The Morgan fingerprint density at radius 2 is 2.00 bits per heavy atom. The van der Waals surface area contributed by atoms with Gasteiger partial charge in [0.05, 0.1) is 11.9 Å². The first-order chi connectivity index (χ1) is 7.86. The SMILES string of the molecule is Nc1c2ccccc2nc2[n+]1CCCCC2. The molecule has 3 nitrogen and oxygen atoms in total. The fourth-order valence-corrected chi connectivity index (χ4v) is 2.44.